The number of hydrogen-bond donors (Lipinski definition) is 2. The van der Waals surface area contributed by atoms with Gasteiger partial charge in [0.15, 0.2) is 0 Å². The summed E-state index contributed by atoms with van der Waals surface area (Å²) in [7, 11) is -3.33. The summed E-state index contributed by atoms with van der Waals surface area (Å²) in [5.74, 6) is -0.0174. The molecule has 0 radical (unpaired) electrons. The Hall–Kier alpha value is -1.76. The van der Waals surface area contributed by atoms with Crippen molar-refractivity contribution in [1.29, 1.82) is 0 Å². The third kappa shape index (κ3) is 4.87. The molecule has 1 aliphatic heterocycles. The van der Waals surface area contributed by atoms with Gasteiger partial charge in [0.1, 0.15) is 0 Å². The molecule has 1 heterocycles. The molecule has 2 rings (SSSR count). The molecule has 24 heavy (non-hydrogen) atoms. The smallest absolute Gasteiger partial charge is 0.239 e. The maximum atomic E-state index is 12.3. The molecule has 0 fully saturated rings. The molecule has 0 atom stereocenters. The molecule has 134 valence electrons. The van der Waals surface area contributed by atoms with Crippen molar-refractivity contribution in [2.24, 2.45) is 0 Å². The Balaban J connectivity index is 2.20. The normalized spacial score (nSPS) is 14.9. The van der Waals surface area contributed by atoms with Crippen LogP contribution >= 0.6 is 0 Å². The van der Waals surface area contributed by atoms with E-state index in [2.05, 4.69) is 10.0 Å². The highest BCUT2D eigenvalue weighted by Gasteiger charge is 2.24. The SMILES string of the molecule is CCC(C)(C)NC(=O)CN1CCCc2c(NS(C)(=O)=O)cccc21. The van der Waals surface area contributed by atoms with E-state index in [0.717, 1.165) is 43.3 Å². The molecular weight excluding hydrogens is 326 g/mol. The summed E-state index contributed by atoms with van der Waals surface area (Å²) in [5.41, 5.74) is 2.26. The van der Waals surface area contributed by atoms with E-state index in [1.807, 2.05) is 37.8 Å². The van der Waals surface area contributed by atoms with Crippen LogP contribution in [0.15, 0.2) is 18.2 Å². The molecule has 0 saturated heterocycles. The zero-order valence-corrected chi connectivity index (χ0v) is 15.7. The first kappa shape index (κ1) is 18.6. The predicted octanol–water partition coefficient (Wildman–Crippen LogP) is 2.12. The number of amides is 1. The van der Waals surface area contributed by atoms with Crippen molar-refractivity contribution in [1.82, 2.24) is 5.32 Å². The van der Waals surface area contributed by atoms with Gasteiger partial charge < -0.3 is 10.2 Å². The fourth-order valence-corrected chi connectivity index (χ4v) is 3.43. The molecule has 0 unspecified atom stereocenters. The molecule has 2 N–H and O–H groups in total. The van der Waals surface area contributed by atoms with Gasteiger partial charge in [0.2, 0.25) is 15.9 Å². The Bertz CT molecular complexity index is 714. The third-order valence-corrected chi connectivity index (χ3v) is 4.93. The Kier molecular flexibility index (Phi) is 5.42. The highest BCUT2D eigenvalue weighted by Crippen LogP contribution is 2.33. The lowest BCUT2D eigenvalue weighted by molar-refractivity contribution is -0.121. The van der Waals surface area contributed by atoms with E-state index in [-0.39, 0.29) is 18.0 Å². The first-order valence-corrected chi connectivity index (χ1v) is 10.2. The molecule has 7 heteroatoms. The van der Waals surface area contributed by atoms with Crippen molar-refractivity contribution < 1.29 is 13.2 Å². The summed E-state index contributed by atoms with van der Waals surface area (Å²) < 4.78 is 25.7. The molecule has 0 aliphatic carbocycles. The number of carbonyl (C=O) groups excluding carboxylic acids is 1. The first-order chi connectivity index (χ1) is 11.1. The number of hydrogen-bond acceptors (Lipinski definition) is 4. The van der Waals surface area contributed by atoms with Gasteiger partial charge in [-0.05, 0) is 50.8 Å². The van der Waals surface area contributed by atoms with Gasteiger partial charge in [-0.2, -0.15) is 0 Å². The Morgan fingerprint density at radius 1 is 1.33 bits per heavy atom. The van der Waals surface area contributed by atoms with Crippen molar-refractivity contribution in [2.45, 2.75) is 45.6 Å². The van der Waals surface area contributed by atoms with Gasteiger partial charge in [0.05, 0.1) is 18.5 Å². The topological polar surface area (TPSA) is 78.5 Å². The monoisotopic (exact) mass is 353 g/mol. The summed E-state index contributed by atoms with van der Waals surface area (Å²) in [6.45, 7) is 7.11. The average Bonchev–Trinajstić information content (AvgIpc) is 2.46. The lowest BCUT2D eigenvalue weighted by Crippen LogP contribution is -2.48. The number of anilines is 2. The van der Waals surface area contributed by atoms with Crippen LogP contribution in [0.4, 0.5) is 11.4 Å². The average molecular weight is 353 g/mol. The molecular formula is C17H27N3O3S. The van der Waals surface area contributed by atoms with Crippen LogP contribution in [0.3, 0.4) is 0 Å². The molecule has 0 bridgehead atoms. The van der Waals surface area contributed by atoms with Crippen LogP contribution in [0.5, 0.6) is 0 Å². The summed E-state index contributed by atoms with van der Waals surface area (Å²) in [4.78, 5) is 14.4. The van der Waals surface area contributed by atoms with Crippen LogP contribution in [0.2, 0.25) is 0 Å². The molecule has 0 saturated carbocycles. The van der Waals surface area contributed by atoms with Crippen molar-refractivity contribution in [2.75, 3.05) is 29.0 Å². The van der Waals surface area contributed by atoms with E-state index < -0.39 is 10.0 Å². The van der Waals surface area contributed by atoms with Crippen molar-refractivity contribution in [3.63, 3.8) is 0 Å². The number of benzene rings is 1. The standard InChI is InChI=1S/C17H27N3O3S/c1-5-17(2,3)18-16(21)12-20-11-7-8-13-14(19-24(4,22)23)9-6-10-15(13)20/h6,9-10,19H,5,7-8,11-12H2,1-4H3,(H,18,21). The van der Waals surface area contributed by atoms with E-state index in [9.17, 15) is 13.2 Å². The minimum atomic E-state index is -3.33. The van der Waals surface area contributed by atoms with E-state index in [1.165, 1.54) is 0 Å². The maximum absolute atomic E-state index is 12.3. The van der Waals surface area contributed by atoms with Crippen molar-refractivity contribution >= 4 is 27.3 Å². The van der Waals surface area contributed by atoms with Crippen LogP contribution in [0.25, 0.3) is 0 Å². The minimum Gasteiger partial charge on any atom is -0.362 e. The van der Waals surface area contributed by atoms with E-state index in [0.29, 0.717) is 5.69 Å². The molecule has 0 spiro atoms. The zero-order valence-electron chi connectivity index (χ0n) is 14.8. The Morgan fingerprint density at radius 2 is 2.04 bits per heavy atom. The van der Waals surface area contributed by atoms with Gasteiger partial charge >= 0.3 is 0 Å². The minimum absolute atomic E-state index is 0.0174. The van der Waals surface area contributed by atoms with Crippen molar-refractivity contribution in [3.8, 4) is 0 Å². The predicted molar refractivity (Wildman–Crippen MR) is 98.0 cm³/mol. The maximum Gasteiger partial charge on any atom is 0.239 e. The lowest BCUT2D eigenvalue weighted by Gasteiger charge is -2.33. The fraction of sp³-hybridized carbons (Fsp3) is 0.588. The summed E-state index contributed by atoms with van der Waals surface area (Å²) >= 11 is 0. The van der Waals surface area contributed by atoms with Gasteiger partial charge in [-0.25, -0.2) is 8.42 Å². The quantitative estimate of drug-likeness (QED) is 0.821. The zero-order chi connectivity index (χ0) is 18.0. The summed E-state index contributed by atoms with van der Waals surface area (Å²) in [6.07, 6.45) is 3.69. The van der Waals surface area contributed by atoms with Gasteiger partial charge in [-0.1, -0.05) is 13.0 Å². The van der Waals surface area contributed by atoms with Gasteiger partial charge in [0, 0.05) is 17.8 Å². The number of rotatable bonds is 6. The third-order valence-electron chi connectivity index (χ3n) is 4.34. The highest BCUT2D eigenvalue weighted by molar-refractivity contribution is 7.92. The number of sulfonamides is 1. The molecule has 0 aromatic heterocycles. The second-order valence-corrected chi connectivity index (χ2v) is 8.74. The van der Waals surface area contributed by atoms with Crippen LogP contribution in [0.1, 0.15) is 39.2 Å². The van der Waals surface area contributed by atoms with Crippen molar-refractivity contribution in [3.05, 3.63) is 23.8 Å². The number of nitrogens with one attached hydrogen (secondary N) is 2. The summed E-state index contributed by atoms with van der Waals surface area (Å²) in [6, 6.07) is 5.53. The second-order valence-electron chi connectivity index (χ2n) is 6.99. The van der Waals surface area contributed by atoms with E-state index in [1.54, 1.807) is 6.07 Å². The fourth-order valence-electron chi connectivity index (χ4n) is 2.84. The molecule has 6 nitrogen and oxygen atoms in total. The first-order valence-electron chi connectivity index (χ1n) is 8.27. The van der Waals surface area contributed by atoms with Crippen LogP contribution < -0.4 is 14.9 Å². The van der Waals surface area contributed by atoms with Gasteiger partial charge in [-0.3, -0.25) is 9.52 Å². The van der Waals surface area contributed by atoms with Crippen LogP contribution in [-0.2, 0) is 21.2 Å². The number of fused-ring (bicyclic) bond motifs is 1. The Morgan fingerprint density at radius 3 is 2.67 bits per heavy atom. The number of nitrogens with zero attached hydrogens (tertiary/aromatic N) is 1. The second kappa shape index (κ2) is 7.01. The number of carbonyl (C=O) groups is 1. The molecule has 1 aromatic rings. The van der Waals surface area contributed by atoms with E-state index in [4.69, 9.17) is 0 Å². The van der Waals surface area contributed by atoms with Crippen LogP contribution in [-0.4, -0.2) is 39.2 Å². The summed E-state index contributed by atoms with van der Waals surface area (Å²) in [5, 5.41) is 3.04. The molecule has 1 amide bonds. The lowest BCUT2D eigenvalue weighted by atomic mass is 9.99. The van der Waals surface area contributed by atoms with Gasteiger partial charge in [-0.15, -0.1) is 0 Å². The highest BCUT2D eigenvalue weighted by atomic mass is 32.2. The van der Waals surface area contributed by atoms with Gasteiger partial charge in [0.25, 0.3) is 0 Å². The Labute approximate surface area is 144 Å². The van der Waals surface area contributed by atoms with E-state index >= 15 is 0 Å². The molecule has 1 aliphatic rings. The largest absolute Gasteiger partial charge is 0.362 e. The molecule has 1 aromatic carbocycles. The van der Waals surface area contributed by atoms with Crippen LogP contribution in [0, 0.1) is 0 Å².